The SMILES string of the molecule is COc1cc(CNC23CC4CC(C)(CC(C)(C4)C2)C3)c(Cl)cc1OCc1ccc(Cl)c(Cl)c1. The van der Waals surface area contributed by atoms with Gasteiger partial charge in [-0.2, -0.15) is 0 Å². The maximum Gasteiger partial charge on any atom is 0.163 e. The molecule has 4 bridgehead atoms. The molecule has 0 saturated heterocycles. The summed E-state index contributed by atoms with van der Waals surface area (Å²) in [4.78, 5) is 0. The first-order valence-corrected chi connectivity index (χ1v) is 12.9. The van der Waals surface area contributed by atoms with E-state index in [0.29, 0.717) is 44.0 Å². The lowest BCUT2D eigenvalue weighted by atomic mass is 9.43. The molecule has 178 valence electrons. The maximum atomic E-state index is 6.71. The molecule has 33 heavy (non-hydrogen) atoms. The smallest absolute Gasteiger partial charge is 0.163 e. The summed E-state index contributed by atoms with van der Waals surface area (Å²) in [7, 11) is 1.66. The van der Waals surface area contributed by atoms with Crippen molar-refractivity contribution in [2.45, 2.75) is 71.1 Å². The third-order valence-electron chi connectivity index (χ3n) is 7.99. The van der Waals surface area contributed by atoms with Crippen molar-refractivity contribution in [3.05, 3.63) is 56.5 Å². The zero-order valence-corrected chi connectivity index (χ0v) is 21.8. The van der Waals surface area contributed by atoms with E-state index in [9.17, 15) is 0 Å². The molecule has 4 fully saturated rings. The fourth-order valence-corrected chi connectivity index (χ4v) is 8.24. The molecular weight excluding hydrogens is 477 g/mol. The van der Waals surface area contributed by atoms with E-state index in [2.05, 4.69) is 19.2 Å². The number of rotatable bonds is 7. The van der Waals surface area contributed by atoms with Crippen LogP contribution in [0.15, 0.2) is 30.3 Å². The van der Waals surface area contributed by atoms with E-state index in [-0.39, 0.29) is 5.54 Å². The molecule has 4 saturated carbocycles. The van der Waals surface area contributed by atoms with Crippen LogP contribution in [0, 0.1) is 16.7 Å². The minimum absolute atomic E-state index is 0.225. The third kappa shape index (κ3) is 4.72. The van der Waals surface area contributed by atoms with E-state index in [1.807, 2.05) is 24.3 Å². The van der Waals surface area contributed by atoms with Gasteiger partial charge < -0.3 is 14.8 Å². The maximum absolute atomic E-state index is 6.71. The number of ether oxygens (including phenoxy) is 2. The van der Waals surface area contributed by atoms with Crippen LogP contribution < -0.4 is 14.8 Å². The van der Waals surface area contributed by atoms with Gasteiger partial charge in [-0.05, 0) is 84.6 Å². The summed E-state index contributed by atoms with van der Waals surface area (Å²) in [6, 6.07) is 9.34. The van der Waals surface area contributed by atoms with Gasteiger partial charge in [0, 0.05) is 23.2 Å². The zero-order chi connectivity index (χ0) is 23.4. The second-order valence-corrected chi connectivity index (χ2v) is 12.6. The van der Waals surface area contributed by atoms with Crippen molar-refractivity contribution in [3.8, 4) is 11.5 Å². The van der Waals surface area contributed by atoms with Gasteiger partial charge in [-0.1, -0.05) is 54.7 Å². The van der Waals surface area contributed by atoms with Crippen molar-refractivity contribution >= 4 is 34.8 Å². The number of methoxy groups -OCH3 is 1. The Morgan fingerprint density at radius 3 is 2.24 bits per heavy atom. The minimum Gasteiger partial charge on any atom is -0.493 e. The molecule has 6 rings (SSSR count). The van der Waals surface area contributed by atoms with Gasteiger partial charge in [0.1, 0.15) is 6.61 Å². The standard InChI is InChI=1S/C27H32Cl3NO2/c1-25-9-18-10-26(2,14-25)16-27(11-18,15-25)31-12-19-7-23(32-3)24(8-21(19)29)33-13-17-4-5-20(28)22(30)6-17/h4-8,18,31H,9-16H2,1-3H3. The summed E-state index contributed by atoms with van der Waals surface area (Å²) in [5.41, 5.74) is 3.15. The second-order valence-electron chi connectivity index (χ2n) is 11.4. The van der Waals surface area contributed by atoms with E-state index in [4.69, 9.17) is 44.3 Å². The van der Waals surface area contributed by atoms with Gasteiger partial charge in [-0.25, -0.2) is 0 Å². The Morgan fingerprint density at radius 1 is 0.879 bits per heavy atom. The molecule has 0 amide bonds. The Hall–Kier alpha value is -1.13. The first-order chi connectivity index (χ1) is 15.6. The largest absolute Gasteiger partial charge is 0.493 e. The molecule has 2 aromatic rings. The Morgan fingerprint density at radius 2 is 1.61 bits per heavy atom. The number of halogens is 3. The van der Waals surface area contributed by atoms with Crippen LogP contribution in [-0.4, -0.2) is 12.6 Å². The molecule has 1 N–H and O–H groups in total. The van der Waals surface area contributed by atoms with Gasteiger partial charge in [0.25, 0.3) is 0 Å². The topological polar surface area (TPSA) is 30.5 Å². The predicted molar refractivity (Wildman–Crippen MR) is 136 cm³/mol. The van der Waals surface area contributed by atoms with E-state index < -0.39 is 0 Å². The summed E-state index contributed by atoms with van der Waals surface area (Å²) in [6.45, 7) is 6.09. The van der Waals surface area contributed by atoms with E-state index in [0.717, 1.165) is 23.6 Å². The van der Waals surface area contributed by atoms with Crippen LogP contribution in [0.25, 0.3) is 0 Å². The zero-order valence-electron chi connectivity index (χ0n) is 19.6. The predicted octanol–water partition coefficient (Wildman–Crippen LogP) is 8.07. The third-order valence-corrected chi connectivity index (χ3v) is 9.08. The molecule has 2 aromatic carbocycles. The summed E-state index contributed by atoms with van der Waals surface area (Å²) < 4.78 is 11.7. The van der Waals surface area contributed by atoms with Crippen molar-refractivity contribution in [2.75, 3.05) is 7.11 Å². The Balaban J connectivity index is 1.30. The lowest BCUT2D eigenvalue weighted by molar-refractivity contribution is -0.118. The van der Waals surface area contributed by atoms with Crippen LogP contribution in [0.4, 0.5) is 0 Å². The lowest BCUT2D eigenvalue weighted by Crippen LogP contribution is -2.63. The lowest BCUT2D eigenvalue weighted by Gasteiger charge is -2.65. The van der Waals surface area contributed by atoms with Gasteiger partial charge in [0.15, 0.2) is 11.5 Å². The minimum atomic E-state index is 0.225. The highest BCUT2D eigenvalue weighted by molar-refractivity contribution is 6.42. The Bertz CT molecular complexity index is 1050. The van der Waals surface area contributed by atoms with Crippen molar-refractivity contribution in [2.24, 2.45) is 16.7 Å². The molecule has 0 heterocycles. The monoisotopic (exact) mass is 507 g/mol. The fraction of sp³-hybridized carbons (Fsp3) is 0.556. The molecule has 0 aromatic heterocycles. The highest BCUT2D eigenvalue weighted by atomic mass is 35.5. The number of hydrogen-bond acceptors (Lipinski definition) is 3. The molecule has 6 heteroatoms. The fourth-order valence-electron chi connectivity index (χ4n) is 7.70. The van der Waals surface area contributed by atoms with Crippen LogP contribution in [0.2, 0.25) is 15.1 Å². The molecule has 4 aliphatic carbocycles. The molecule has 3 nitrogen and oxygen atoms in total. The van der Waals surface area contributed by atoms with Crippen molar-refractivity contribution in [3.63, 3.8) is 0 Å². The summed E-state index contributed by atoms with van der Waals surface area (Å²) in [5, 5.41) is 5.69. The molecule has 0 spiro atoms. The average Bonchev–Trinajstić information content (AvgIpc) is 2.71. The quantitative estimate of drug-likeness (QED) is 0.410. The van der Waals surface area contributed by atoms with Gasteiger partial charge in [-0.3, -0.25) is 0 Å². The van der Waals surface area contributed by atoms with Crippen molar-refractivity contribution in [1.29, 1.82) is 0 Å². The summed E-state index contributed by atoms with van der Waals surface area (Å²) >= 11 is 18.8. The van der Waals surface area contributed by atoms with Crippen molar-refractivity contribution < 1.29 is 9.47 Å². The van der Waals surface area contributed by atoms with Crippen LogP contribution in [0.1, 0.15) is 63.5 Å². The molecule has 0 radical (unpaired) electrons. The average molecular weight is 509 g/mol. The normalized spacial score (nSPS) is 32.2. The van der Waals surface area contributed by atoms with E-state index in [1.165, 1.54) is 38.5 Å². The van der Waals surface area contributed by atoms with Gasteiger partial charge in [0.05, 0.1) is 17.2 Å². The summed E-state index contributed by atoms with van der Waals surface area (Å²) in [5.74, 6) is 2.15. The van der Waals surface area contributed by atoms with E-state index >= 15 is 0 Å². The van der Waals surface area contributed by atoms with Gasteiger partial charge in [0.2, 0.25) is 0 Å². The van der Waals surface area contributed by atoms with E-state index in [1.54, 1.807) is 13.2 Å². The Kier molecular flexibility index (Phi) is 6.09. The second kappa shape index (κ2) is 8.52. The van der Waals surface area contributed by atoms with Crippen LogP contribution >= 0.6 is 34.8 Å². The molecule has 2 unspecified atom stereocenters. The van der Waals surface area contributed by atoms with Crippen molar-refractivity contribution in [1.82, 2.24) is 5.32 Å². The Labute approximate surface area is 212 Å². The summed E-state index contributed by atoms with van der Waals surface area (Å²) in [6.07, 6.45) is 7.99. The molecule has 0 aliphatic heterocycles. The van der Waals surface area contributed by atoms with Crippen LogP contribution in [0.5, 0.6) is 11.5 Å². The number of hydrogen-bond donors (Lipinski definition) is 1. The number of benzene rings is 2. The van der Waals surface area contributed by atoms with Gasteiger partial charge in [-0.15, -0.1) is 0 Å². The first-order valence-electron chi connectivity index (χ1n) is 11.8. The van der Waals surface area contributed by atoms with Crippen LogP contribution in [0.3, 0.4) is 0 Å². The molecular formula is C27H32Cl3NO2. The first kappa shape index (κ1) is 23.6. The highest BCUT2D eigenvalue weighted by Gasteiger charge is 2.59. The molecule has 4 aliphatic rings. The molecule has 2 atom stereocenters. The highest BCUT2D eigenvalue weighted by Crippen LogP contribution is 2.66. The van der Waals surface area contributed by atoms with Gasteiger partial charge >= 0.3 is 0 Å². The number of nitrogens with one attached hydrogen (secondary N) is 1. The van der Waals surface area contributed by atoms with Crippen LogP contribution in [-0.2, 0) is 13.2 Å².